The van der Waals surface area contributed by atoms with Gasteiger partial charge in [0.05, 0.1) is 5.69 Å². The molecule has 0 N–H and O–H groups in total. The number of aromatic nitrogens is 1. The molecule has 4 aromatic carbocycles. The van der Waals surface area contributed by atoms with E-state index in [0.29, 0.717) is 0 Å². The van der Waals surface area contributed by atoms with Crippen LogP contribution in [0, 0.1) is 0 Å². The molecule has 0 saturated heterocycles. The van der Waals surface area contributed by atoms with Gasteiger partial charge in [-0.25, -0.2) is 9.78 Å². The summed E-state index contributed by atoms with van der Waals surface area (Å²) in [5, 5.41) is 6.34. The predicted molar refractivity (Wildman–Crippen MR) is 155 cm³/mol. The van der Waals surface area contributed by atoms with E-state index in [0.717, 1.165) is 36.7 Å². The fraction of sp³-hybridized carbons (Fsp3) is 0.0667. The Morgan fingerprint density at radius 2 is 1.24 bits per heavy atom. The molecule has 0 fully saturated rings. The van der Waals surface area contributed by atoms with Crippen LogP contribution >= 0.6 is 34.5 Å². The second kappa shape index (κ2) is 12.7. The van der Waals surface area contributed by atoms with Gasteiger partial charge in [0, 0.05) is 15.4 Å². The van der Waals surface area contributed by atoms with Gasteiger partial charge in [0.1, 0.15) is 34.8 Å². The molecule has 1 heterocycles. The third-order valence-electron chi connectivity index (χ3n) is 5.98. The van der Waals surface area contributed by atoms with Crippen LogP contribution in [0.3, 0.4) is 0 Å². The van der Waals surface area contributed by atoms with Gasteiger partial charge in [-0.05, 0) is 48.5 Å². The van der Waals surface area contributed by atoms with Gasteiger partial charge in [-0.1, -0.05) is 82.7 Å². The van der Waals surface area contributed by atoms with E-state index in [-0.39, 0.29) is 35.7 Å². The van der Waals surface area contributed by atoms with Crippen molar-refractivity contribution in [3.63, 3.8) is 0 Å². The van der Waals surface area contributed by atoms with Crippen LogP contribution in [0.1, 0.15) is 5.69 Å². The number of carbonyl (C=O) groups is 1. The number of ether oxygens (including phenoxy) is 1. The van der Waals surface area contributed by atoms with Crippen molar-refractivity contribution in [1.82, 2.24) is 4.98 Å². The molecule has 0 amide bonds. The van der Waals surface area contributed by atoms with Gasteiger partial charge in [0.15, 0.2) is 6.16 Å². The fourth-order valence-electron chi connectivity index (χ4n) is 4.26. The van der Waals surface area contributed by atoms with E-state index in [2.05, 4.69) is 57.3 Å². The van der Waals surface area contributed by atoms with Crippen molar-refractivity contribution in [2.24, 2.45) is 0 Å². The standard InChI is InChI=1S/C30H24BrNO2PS.BrH/c31-24-18-16-23(17-19-24)30-32-25(22-36-30)20-34-29(33)21-35(26-10-4-1-5-11-26,27-12-6-2-7-13-27)28-14-8-3-9-15-28;/h1-19,22H,20-21H2;1H/q+1;/p-1. The first kappa shape index (κ1) is 27.4. The lowest BCUT2D eigenvalue weighted by molar-refractivity contribution is -0.141. The molecule has 0 aliphatic carbocycles. The van der Waals surface area contributed by atoms with Crippen molar-refractivity contribution >= 4 is 56.4 Å². The first-order valence-electron chi connectivity index (χ1n) is 11.6. The first-order valence-corrected chi connectivity index (χ1v) is 15.2. The zero-order valence-electron chi connectivity index (χ0n) is 19.8. The highest BCUT2D eigenvalue weighted by atomic mass is 79.9. The number of halogens is 2. The lowest BCUT2D eigenvalue weighted by atomic mass is 10.2. The molecule has 0 saturated carbocycles. The SMILES string of the molecule is O=C(C[P+](c1ccccc1)(c1ccccc1)c1ccccc1)OCc1csc(-c2ccc(Br)cc2)n1.[Br-]. The average molecular weight is 653 g/mol. The number of benzene rings is 4. The number of carbonyl (C=O) groups excluding carboxylic acids is 1. The van der Waals surface area contributed by atoms with Gasteiger partial charge in [-0.3, -0.25) is 0 Å². The fourth-order valence-corrected chi connectivity index (χ4v) is 9.30. The van der Waals surface area contributed by atoms with Crippen molar-refractivity contribution in [3.05, 3.63) is 131 Å². The Morgan fingerprint density at radius 3 is 1.73 bits per heavy atom. The molecule has 5 rings (SSSR count). The Bertz CT molecular complexity index is 1330. The summed E-state index contributed by atoms with van der Waals surface area (Å²) in [6, 6.07) is 39.1. The second-order valence-corrected chi connectivity index (χ2v) is 13.5. The summed E-state index contributed by atoms with van der Waals surface area (Å²) in [5.74, 6) is -0.224. The Kier molecular flexibility index (Phi) is 9.44. The summed E-state index contributed by atoms with van der Waals surface area (Å²) in [5.41, 5.74) is 1.80. The van der Waals surface area contributed by atoms with Gasteiger partial charge in [0.2, 0.25) is 0 Å². The smallest absolute Gasteiger partial charge is 0.345 e. The monoisotopic (exact) mass is 651 g/mol. The minimum atomic E-state index is -2.27. The van der Waals surface area contributed by atoms with E-state index in [1.807, 2.05) is 84.2 Å². The molecule has 186 valence electrons. The molecule has 0 radical (unpaired) electrons. The molecule has 7 heteroatoms. The highest BCUT2D eigenvalue weighted by Crippen LogP contribution is 2.55. The van der Waals surface area contributed by atoms with Gasteiger partial charge in [-0.15, -0.1) is 11.3 Å². The third kappa shape index (κ3) is 6.27. The minimum Gasteiger partial charge on any atom is -1.00 e. The van der Waals surface area contributed by atoms with Crippen molar-refractivity contribution in [2.45, 2.75) is 6.61 Å². The molecule has 3 nitrogen and oxygen atoms in total. The molecule has 0 aliphatic rings. The largest absolute Gasteiger partial charge is 1.00 e. The van der Waals surface area contributed by atoms with Gasteiger partial charge in [0.25, 0.3) is 0 Å². The Hall–Kier alpha value is -2.63. The summed E-state index contributed by atoms with van der Waals surface area (Å²) >= 11 is 5.02. The van der Waals surface area contributed by atoms with Gasteiger partial charge < -0.3 is 21.7 Å². The average Bonchev–Trinajstić information content (AvgIpc) is 3.42. The lowest BCUT2D eigenvalue weighted by Crippen LogP contribution is -3.00. The van der Waals surface area contributed by atoms with Crippen LogP contribution in [0.5, 0.6) is 0 Å². The molecular formula is C30H24Br2NO2PS. The summed E-state index contributed by atoms with van der Waals surface area (Å²) < 4.78 is 6.87. The highest BCUT2D eigenvalue weighted by Gasteiger charge is 2.47. The Morgan fingerprint density at radius 1 is 0.757 bits per heavy atom. The second-order valence-electron chi connectivity index (χ2n) is 8.29. The molecule has 0 aliphatic heterocycles. The van der Waals surface area contributed by atoms with E-state index in [1.165, 1.54) is 0 Å². The van der Waals surface area contributed by atoms with Crippen LogP contribution < -0.4 is 32.9 Å². The molecule has 1 aromatic heterocycles. The number of thiazole rings is 1. The van der Waals surface area contributed by atoms with E-state index in [1.54, 1.807) is 11.3 Å². The maximum absolute atomic E-state index is 13.4. The van der Waals surface area contributed by atoms with E-state index < -0.39 is 7.26 Å². The lowest BCUT2D eigenvalue weighted by Gasteiger charge is -2.26. The van der Waals surface area contributed by atoms with Crippen LogP contribution in [-0.2, 0) is 16.1 Å². The van der Waals surface area contributed by atoms with Crippen LogP contribution in [0.15, 0.2) is 125 Å². The van der Waals surface area contributed by atoms with E-state index in [4.69, 9.17) is 4.74 Å². The summed E-state index contributed by atoms with van der Waals surface area (Å²) in [4.78, 5) is 18.1. The number of esters is 1. The molecular weight excluding hydrogens is 629 g/mol. The normalized spacial score (nSPS) is 10.9. The van der Waals surface area contributed by atoms with Crippen molar-refractivity contribution in [1.29, 1.82) is 0 Å². The van der Waals surface area contributed by atoms with Crippen LogP contribution in [-0.4, -0.2) is 17.1 Å². The maximum atomic E-state index is 13.4. The number of hydrogen-bond acceptors (Lipinski definition) is 4. The number of hydrogen-bond donors (Lipinski definition) is 0. The van der Waals surface area contributed by atoms with Gasteiger partial charge >= 0.3 is 5.97 Å². The topological polar surface area (TPSA) is 39.2 Å². The van der Waals surface area contributed by atoms with E-state index in [9.17, 15) is 4.79 Å². The van der Waals surface area contributed by atoms with Crippen LogP contribution in [0.4, 0.5) is 0 Å². The first-order chi connectivity index (χ1) is 17.6. The minimum absolute atomic E-state index is 0. The summed E-state index contributed by atoms with van der Waals surface area (Å²) in [7, 11) is -2.27. The van der Waals surface area contributed by atoms with E-state index >= 15 is 0 Å². The molecule has 0 spiro atoms. The molecule has 0 atom stereocenters. The van der Waals surface area contributed by atoms with Crippen LogP contribution in [0.25, 0.3) is 10.6 Å². The predicted octanol–water partition coefficient (Wildman–Crippen LogP) is 3.61. The molecule has 5 aromatic rings. The molecule has 0 unspecified atom stereocenters. The zero-order chi connectivity index (χ0) is 24.8. The van der Waals surface area contributed by atoms with Crippen molar-refractivity contribution in [2.75, 3.05) is 6.16 Å². The Labute approximate surface area is 240 Å². The van der Waals surface area contributed by atoms with Crippen molar-refractivity contribution in [3.8, 4) is 10.6 Å². The highest BCUT2D eigenvalue weighted by molar-refractivity contribution is 9.10. The van der Waals surface area contributed by atoms with Crippen molar-refractivity contribution < 1.29 is 26.5 Å². The number of rotatable bonds is 8. The van der Waals surface area contributed by atoms with Gasteiger partial charge in [-0.2, -0.15) is 0 Å². The van der Waals surface area contributed by atoms with Crippen LogP contribution in [0.2, 0.25) is 0 Å². The third-order valence-corrected chi connectivity index (χ3v) is 11.7. The molecule has 37 heavy (non-hydrogen) atoms. The maximum Gasteiger partial charge on any atom is 0.345 e. The quantitative estimate of drug-likeness (QED) is 0.190. The zero-order valence-corrected chi connectivity index (χ0v) is 24.7. The number of nitrogens with zero attached hydrogens (tertiary/aromatic N) is 1. The summed E-state index contributed by atoms with van der Waals surface area (Å²) in [6.07, 6.45) is 0.286. The molecule has 0 bridgehead atoms. The summed E-state index contributed by atoms with van der Waals surface area (Å²) in [6.45, 7) is 0.157. The Balaban J connectivity index is 0.00000320.